The summed E-state index contributed by atoms with van der Waals surface area (Å²) in [4.78, 5) is 7.53. The molecular weight excluding hydrogens is 382 g/mol. The van der Waals surface area contributed by atoms with Crippen LogP contribution in [0.4, 0.5) is 0 Å². The van der Waals surface area contributed by atoms with Crippen molar-refractivity contribution in [2.75, 3.05) is 79.7 Å². The molecule has 0 aliphatic carbocycles. The molecule has 0 saturated carbocycles. The first-order valence-electron chi connectivity index (χ1n) is 12.1. The maximum atomic E-state index is 5.94. The molecule has 0 atom stereocenters. The summed E-state index contributed by atoms with van der Waals surface area (Å²) in [6, 6.07) is 0.959. The summed E-state index contributed by atoms with van der Waals surface area (Å²) >= 11 is 0. The molecule has 0 aromatic heterocycles. The highest BCUT2D eigenvalue weighted by Crippen LogP contribution is 2.20. The van der Waals surface area contributed by atoms with Gasteiger partial charge in [-0.3, -0.25) is 4.90 Å². The minimum Gasteiger partial charge on any atom is -0.374 e. The second-order valence-corrected chi connectivity index (χ2v) is 11.1. The van der Waals surface area contributed by atoms with Crippen LogP contribution in [0.1, 0.15) is 59.3 Å². The van der Waals surface area contributed by atoms with Crippen LogP contribution in [0.2, 0.25) is 6.04 Å². The number of hydrogen-bond acceptors (Lipinski definition) is 6. The Labute approximate surface area is 182 Å². The zero-order valence-corrected chi connectivity index (χ0v) is 21.1. The Kier molecular flexibility index (Phi) is 15.5. The third-order valence-electron chi connectivity index (χ3n) is 5.63. The van der Waals surface area contributed by atoms with Gasteiger partial charge < -0.3 is 23.1 Å². The topological polar surface area (TPSA) is 37.4 Å². The third-order valence-corrected chi connectivity index (χ3v) is 8.78. The number of piperazine rings is 1. The molecule has 7 heteroatoms. The van der Waals surface area contributed by atoms with Gasteiger partial charge in [0.25, 0.3) is 0 Å². The normalized spacial score (nSPS) is 16.8. The third kappa shape index (κ3) is 12.4. The van der Waals surface area contributed by atoms with Gasteiger partial charge in [-0.15, -0.1) is 0 Å². The van der Waals surface area contributed by atoms with Crippen LogP contribution in [0.15, 0.2) is 0 Å². The summed E-state index contributed by atoms with van der Waals surface area (Å²) in [5.41, 5.74) is 0. The van der Waals surface area contributed by atoms with Gasteiger partial charge >= 0.3 is 8.80 Å². The number of nitrogens with zero attached hydrogens (tertiary/aromatic N) is 3. The smallest absolute Gasteiger partial charge is 0.374 e. The predicted molar refractivity (Wildman–Crippen MR) is 125 cm³/mol. The number of rotatable bonds is 18. The van der Waals surface area contributed by atoms with Crippen LogP contribution in [0.5, 0.6) is 0 Å². The van der Waals surface area contributed by atoms with Crippen molar-refractivity contribution in [3.05, 3.63) is 0 Å². The summed E-state index contributed by atoms with van der Waals surface area (Å²) in [6.07, 6.45) is 7.76. The molecule has 0 unspecified atom stereocenters. The zero-order valence-electron chi connectivity index (χ0n) is 20.1. The van der Waals surface area contributed by atoms with Crippen molar-refractivity contribution in [3.63, 3.8) is 0 Å². The number of unbranched alkanes of at least 4 members (excludes halogenated alkanes) is 5. The minimum atomic E-state index is -2.42. The lowest BCUT2D eigenvalue weighted by atomic mass is 10.1. The van der Waals surface area contributed by atoms with E-state index in [1.807, 2.05) is 20.8 Å². The Hall–Kier alpha value is -0.0231. The lowest BCUT2D eigenvalue weighted by Crippen LogP contribution is -2.48. The lowest BCUT2D eigenvalue weighted by molar-refractivity contribution is 0.0706. The van der Waals surface area contributed by atoms with Gasteiger partial charge in [-0.2, -0.15) is 0 Å². The van der Waals surface area contributed by atoms with Crippen LogP contribution in [0.25, 0.3) is 0 Å². The van der Waals surface area contributed by atoms with Gasteiger partial charge in [-0.05, 0) is 54.3 Å². The molecule has 1 fully saturated rings. The number of likely N-dealkylation sites (N-methyl/N-ethyl adjacent to an activating group) is 1. The number of hydrogen-bond donors (Lipinski definition) is 0. The van der Waals surface area contributed by atoms with Gasteiger partial charge in [0.2, 0.25) is 0 Å². The molecule has 0 bridgehead atoms. The zero-order chi connectivity index (χ0) is 21.4. The lowest BCUT2D eigenvalue weighted by Gasteiger charge is -2.35. The van der Waals surface area contributed by atoms with E-state index >= 15 is 0 Å². The summed E-state index contributed by atoms with van der Waals surface area (Å²) < 4.78 is 17.8. The average molecular weight is 432 g/mol. The van der Waals surface area contributed by atoms with E-state index in [2.05, 4.69) is 28.8 Å². The fourth-order valence-corrected chi connectivity index (χ4v) is 6.65. The Morgan fingerprint density at radius 1 is 0.655 bits per heavy atom. The van der Waals surface area contributed by atoms with Crippen molar-refractivity contribution in [3.8, 4) is 0 Å². The summed E-state index contributed by atoms with van der Waals surface area (Å²) in [5.74, 6) is 0. The molecular formula is C22H49N3O3Si. The van der Waals surface area contributed by atoms with E-state index in [4.69, 9.17) is 13.3 Å². The second-order valence-electron chi connectivity index (χ2n) is 8.34. The molecule has 0 amide bonds. The van der Waals surface area contributed by atoms with Gasteiger partial charge in [0.15, 0.2) is 0 Å². The quantitative estimate of drug-likeness (QED) is 0.244. The molecule has 0 aromatic rings. The first kappa shape index (κ1) is 27.0. The molecule has 0 aromatic carbocycles. The second kappa shape index (κ2) is 16.6. The first-order chi connectivity index (χ1) is 14.0. The van der Waals surface area contributed by atoms with Crippen molar-refractivity contribution in [2.24, 2.45) is 0 Å². The molecule has 6 nitrogen and oxygen atoms in total. The maximum Gasteiger partial charge on any atom is 0.500 e. The summed E-state index contributed by atoms with van der Waals surface area (Å²) in [5, 5.41) is 0. The molecule has 1 aliphatic heterocycles. The standard InChI is InChI=1S/C22H49N3O3Si/c1-6-26-29(27-7-2,28-8-3)22-14-12-10-9-11-13-15-24-18-20-25(21-19-24)17-16-23(4)5/h6-22H2,1-5H3. The largest absolute Gasteiger partial charge is 0.500 e. The monoisotopic (exact) mass is 431 g/mol. The van der Waals surface area contributed by atoms with Crippen molar-refractivity contribution < 1.29 is 13.3 Å². The molecule has 0 spiro atoms. The van der Waals surface area contributed by atoms with Crippen LogP contribution >= 0.6 is 0 Å². The van der Waals surface area contributed by atoms with Crippen molar-refractivity contribution >= 4 is 8.80 Å². The van der Waals surface area contributed by atoms with E-state index in [0.717, 1.165) is 12.5 Å². The average Bonchev–Trinajstić information content (AvgIpc) is 2.70. The molecule has 1 rings (SSSR count). The Bertz CT molecular complexity index is 363. The molecule has 0 N–H and O–H groups in total. The van der Waals surface area contributed by atoms with Crippen molar-refractivity contribution in [1.82, 2.24) is 14.7 Å². The molecule has 29 heavy (non-hydrogen) atoms. The highest BCUT2D eigenvalue weighted by Gasteiger charge is 2.39. The van der Waals surface area contributed by atoms with Crippen LogP contribution in [0.3, 0.4) is 0 Å². The molecule has 0 radical (unpaired) electrons. The van der Waals surface area contributed by atoms with Crippen molar-refractivity contribution in [2.45, 2.75) is 65.3 Å². The van der Waals surface area contributed by atoms with Crippen LogP contribution in [0, 0.1) is 0 Å². The fourth-order valence-electron chi connectivity index (χ4n) is 3.96. The van der Waals surface area contributed by atoms with E-state index in [-0.39, 0.29) is 0 Å². The Morgan fingerprint density at radius 3 is 1.59 bits per heavy atom. The van der Waals surface area contributed by atoms with E-state index in [1.165, 1.54) is 77.9 Å². The predicted octanol–water partition coefficient (Wildman–Crippen LogP) is 3.55. The van der Waals surface area contributed by atoms with Crippen LogP contribution in [-0.2, 0) is 13.3 Å². The van der Waals surface area contributed by atoms with Gasteiger partial charge in [-0.1, -0.05) is 25.7 Å². The SMILES string of the molecule is CCO[Si](CCCCCCCCN1CCN(CCN(C)C)CC1)(OCC)OCC. The van der Waals surface area contributed by atoms with E-state index < -0.39 is 8.80 Å². The first-order valence-corrected chi connectivity index (χ1v) is 14.0. The summed E-state index contributed by atoms with van der Waals surface area (Å²) in [7, 11) is 1.89. The summed E-state index contributed by atoms with van der Waals surface area (Å²) in [6.45, 7) is 16.7. The molecule has 1 heterocycles. The fraction of sp³-hybridized carbons (Fsp3) is 1.00. The van der Waals surface area contributed by atoms with Crippen molar-refractivity contribution in [1.29, 1.82) is 0 Å². The van der Waals surface area contributed by atoms with E-state index in [0.29, 0.717) is 19.8 Å². The van der Waals surface area contributed by atoms with Gasteiger partial charge in [-0.25, -0.2) is 0 Å². The van der Waals surface area contributed by atoms with Gasteiger partial charge in [0, 0.05) is 65.1 Å². The van der Waals surface area contributed by atoms with E-state index in [9.17, 15) is 0 Å². The highest BCUT2D eigenvalue weighted by atomic mass is 28.4. The van der Waals surface area contributed by atoms with Crippen LogP contribution in [-0.4, -0.2) is 103 Å². The Balaban J connectivity index is 2.04. The van der Waals surface area contributed by atoms with Gasteiger partial charge in [0.1, 0.15) is 0 Å². The maximum absolute atomic E-state index is 5.94. The Morgan fingerprint density at radius 2 is 1.10 bits per heavy atom. The molecule has 1 aliphatic rings. The van der Waals surface area contributed by atoms with E-state index in [1.54, 1.807) is 0 Å². The van der Waals surface area contributed by atoms with Crippen LogP contribution < -0.4 is 0 Å². The highest BCUT2D eigenvalue weighted by molar-refractivity contribution is 6.60. The molecule has 1 saturated heterocycles. The minimum absolute atomic E-state index is 0.677. The van der Waals surface area contributed by atoms with Gasteiger partial charge in [0.05, 0.1) is 0 Å². The molecule has 174 valence electrons.